The first kappa shape index (κ1) is 26.3. The molecule has 2 aliphatic rings. The van der Waals surface area contributed by atoms with E-state index in [4.69, 9.17) is 11.6 Å². The van der Waals surface area contributed by atoms with E-state index in [-0.39, 0.29) is 18.4 Å². The number of halogens is 1. The number of hydrogen-bond donors (Lipinski definition) is 2. The zero-order valence-electron chi connectivity index (χ0n) is 19.3. The molecule has 0 radical (unpaired) electrons. The molecule has 0 aromatic carbocycles. The summed E-state index contributed by atoms with van der Waals surface area (Å²) in [6, 6.07) is 6.90. The molecule has 13 heteroatoms. The van der Waals surface area contributed by atoms with Gasteiger partial charge in [0.2, 0.25) is 27.7 Å². The van der Waals surface area contributed by atoms with Crippen LogP contribution in [0.5, 0.6) is 0 Å². The van der Waals surface area contributed by atoms with Crippen LogP contribution in [-0.2, 0) is 24.4 Å². The second kappa shape index (κ2) is 11.5. The highest BCUT2D eigenvalue weighted by Crippen LogP contribution is 2.23. The lowest BCUT2D eigenvalue weighted by atomic mass is 10.1. The third-order valence-electron chi connectivity index (χ3n) is 5.96. The fourth-order valence-corrected chi connectivity index (χ4v) is 6.33. The van der Waals surface area contributed by atoms with E-state index in [9.17, 15) is 22.8 Å². The van der Waals surface area contributed by atoms with Gasteiger partial charge >= 0.3 is 0 Å². The van der Waals surface area contributed by atoms with Gasteiger partial charge in [-0.2, -0.15) is 4.72 Å². The van der Waals surface area contributed by atoms with Gasteiger partial charge in [-0.15, -0.1) is 11.3 Å². The second-order valence-corrected chi connectivity index (χ2v) is 11.9. The molecular formula is C23H26ClN5O5S2. The zero-order chi connectivity index (χ0) is 25.7. The number of carbonyl (C=O) groups excluding carboxylic acids is 3. The third-order valence-corrected chi connectivity index (χ3v) is 8.26. The van der Waals surface area contributed by atoms with Crippen LogP contribution in [0.25, 0.3) is 6.08 Å². The maximum atomic E-state index is 13.1. The van der Waals surface area contributed by atoms with Gasteiger partial charge in [0.05, 0.1) is 10.9 Å². The number of sulfonamides is 1. The number of anilines is 1. The normalized spacial score (nSPS) is 20.8. The molecule has 2 aliphatic heterocycles. The number of likely N-dealkylation sites (tertiary alicyclic amines) is 2. The van der Waals surface area contributed by atoms with Crippen LogP contribution in [0.15, 0.2) is 41.9 Å². The molecule has 192 valence electrons. The molecule has 0 spiro atoms. The minimum atomic E-state index is -3.89. The van der Waals surface area contributed by atoms with Crippen molar-refractivity contribution in [2.45, 2.75) is 37.8 Å². The zero-order valence-corrected chi connectivity index (χ0v) is 21.7. The van der Waals surface area contributed by atoms with Crippen LogP contribution >= 0.6 is 22.9 Å². The van der Waals surface area contributed by atoms with E-state index in [1.54, 1.807) is 36.5 Å². The van der Waals surface area contributed by atoms with Crippen molar-refractivity contribution in [2.24, 2.45) is 0 Å². The van der Waals surface area contributed by atoms with E-state index in [0.717, 1.165) is 5.41 Å². The molecule has 4 heterocycles. The number of thiophene rings is 1. The van der Waals surface area contributed by atoms with E-state index in [1.807, 2.05) is 0 Å². The van der Waals surface area contributed by atoms with Gasteiger partial charge < -0.3 is 15.1 Å². The van der Waals surface area contributed by atoms with Gasteiger partial charge in [-0.25, -0.2) is 13.4 Å². The highest BCUT2D eigenvalue weighted by atomic mass is 35.5. The molecule has 36 heavy (non-hydrogen) atoms. The number of rotatable bonds is 8. The molecule has 0 unspecified atom stereocenters. The first-order valence-corrected chi connectivity index (χ1v) is 14.2. The first-order chi connectivity index (χ1) is 17.2. The number of aromatic nitrogens is 1. The van der Waals surface area contributed by atoms with Crippen molar-refractivity contribution >= 4 is 62.6 Å². The van der Waals surface area contributed by atoms with E-state index in [1.165, 1.54) is 27.2 Å². The lowest BCUT2D eigenvalue weighted by molar-refractivity contribution is -0.144. The maximum Gasteiger partial charge on any atom is 0.248 e. The fraction of sp³-hybridized carbons (Fsp3) is 0.391. The van der Waals surface area contributed by atoms with Gasteiger partial charge in [0.15, 0.2) is 0 Å². The number of carbonyl (C=O) groups is 3. The van der Waals surface area contributed by atoms with Crippen molar-refractivity contribution < 1.29 is 22.8 Å². The monoisotopic (exact) mass is 551 g/mol. The van der Waals surface area contributed by atoms with Crippen LogP contribution in [0.2, 0.25) is 4.34 Å². The number of piperidine rings is 1. The molecule has 0 saturated carbocycles. The summed E-state index contributed by atoms with van der Waals surface area (Å²) < 4.78 is 28.0. The Kier molecular flexibility index (Phi) is 8.39. The average molecular weight is 552 g/mol. The molecule has 10 nitrogen and oxygen atoms in total. The lowest BCUT2D eigenvalue weighted by Crippen LogP contribution is -2.55. The van der Waals surface area contributed by atoms with E-state index < -0.39 is 28.0 Å². The number of nitrogens with zero attached hydrogens (tertiary/aromatic N) is 3. The number of nitrogens with one attached hydrogen (secondary N) is 2. The van der Waals surface area contributed by atoms with Crippen LogP contribution in [0, 0.1) is 0 Å². The van der Waals surface area contributed by atoms with Gasteiger partial charge in [0.25, 0.3) is 0 Å². The number of pyridine rings is 1. The highest BCUT2D eigenvalue weighted by molar-refractivity contribution is 7.92. The SMILES string of the molecule is O=C(Nc1ccccn1)[C@H]1CCCN1C(=O)CN1CCC[C@H](NS(=O)(=O)/C=C/c2ccc(Cl)s2)C1=O. The molecule has 0 bridgehead atoms. The van der Waals surface area contributed by atoms with Crippen molar-refractivity contribution in [1.29, 1.82) is 0 Å². The Morgan fingerprint density at radius 2 is 1.97 bits per heavy atom. The summed E-state index contributed by atoms with van der Waals surface area (Å²) in [6.07, 6.45) is 5.04. The minimum absolute atomic E-state index is 0.214. The van der Waals surface area contributed by atoms with Crippen molar-refractivity contribution in [2.75, 3.05) is 25.0 Å². The molecule has 4 rings (SSSR count). The predicted molar refractivity (Wildman–Crippen MR) is 138 cm³/mol. The van der Waals surface area contributed by atoms with Crippen LogP contribution in [-0.4, -0.2) is 72.6 Å². The van der Waals surface area contributed by atoms with Gasteiger partial charge in [-0.3, -0.25) is 14.4 Å². The quantitative estimate of drug-likeness (QED) is 0.518. The summed E-state index contributed by atoms with van der Waals surface area (Å²) in [6.45, 7) is 0.535. The van der Waals surface area contributed by atoms with Crippen LogP contribution in [0.3, 0.4) is 0 Å². The summed E-state index contributed by atoms with van der Waals surface area (Å²) >= 11 is 7.10. The topological polar surface area (TPSA) is 129 Å². The van der Waals surface area contributed by atoms with Gasteiger partial charge in [0, 0.05) is 29.6 Å². The Morgan fingerprint density at radius 3 is 2.69 bits per heavy atom. The summed E-state index contributed by atoms with van der Waals surface area (Å²) in [5.74, 6) is -0.729. The largest absolute Gasteiger partial charge is 0.332 e. The summed E-state index contributed by atoms with van der Waals surface area (Å²) in [5, 5.41) is 3.73. The molecule has 2 N–H and O–H groups in total. The van der Waals surface area contributed by atoms with Crippen molar-refractivity contribution in [1.82, 2.24) is 19.5 Å². The molecule has 2 aromatic heterocycles. The van der Waals surface area contributed by atoms with E-state index in [2.05, 4.69) is 15.0 Å². The molecule has 2 fully saturated rings. The molecule has 3 amide bonds. The molecule has 2 saturated heterocycles. The number of amides is 3. The Bertz CT molecular complexity index is 1250. The van der Waals surface area contributed by atoms with Gasteiger partial charge in [0.1, 0.15) is 17.9 Å². The summed E-state index contributed by atoms with van der Waals surface area (Å²) in [5.41, 5.74) is 0. The summed E-state index contributed by atoms with van der Waals surface area (Å²) in [4.78, 5) is 46.4. The standard InChI is InChI=1S/C23H26ClN5O5S2/c24-19-9-8-16(35-19)10-14-36(33,34)27-17-5-3-12-28(23(17)32)15-21(30)29-13-4-6-18(29)22(31)26-20-7-1-2-11-25-20/h1-2,7-11,14,17-18,27H,3-6,12-13,15H2,(H,25,26,31)/b14-10+/t17-,18+/m0/s1. The summed E-state index contributed by atoms with van der Waals surface area (Å²) in [7, 11) is -3.89. The molecule has 2 atom stereocenters. The van der Waals surface area contributed by atoms with Crippen LogP contribution in [0.4, 0.5) is 5.82 Å². The van der Waals surface area contributed by atoms with Crippen molar-refractivity contribution in [3.05, 3.63) is 51.2 Å². The Morgan fingerprint density at radius 1 is 1.17 bits per heavy atom. The smallest absolute Gasteiger partial charge is 0.248 e. The minimum Gasteiger partial charge on any atom is -0.332 e. The van der Waals surface area contributed by atoms with Crippen LogP contribution < -0.4 is 10.0 Å². The Labute approximate surface area is 218 Å². The fourth-order valence-electron chi connectivity index (χ4n) is 4.26. The maximum absolute atomic E-state index is 13.1. The van der Waals surface area contributed by atoms with E-state index >= 15 is 0 Å². The van der Waals surface area contributed by atoms with Crippen LogP contribution in [0.1, 0.15) is 30.6 Å². The highest BCUT2D eigenvalue weighted by Gasteiger charge is 2.37. The first-order valence-electron chi connectivity index (χ1n) is 11.5. The molecule has 0 aliphatic carbocycles. The lowest BCUT2D eigenvalue weighted by Gasteiger charge is -2.33. The van der Waals surface area contributed by atoms with Crippen molar-refractivity contribution in [3.8, 4) is 0 Å². The molecular weight excluding hydrogens is 526 g/mol. The third kappa shape index (κ3) is 6.69. The second-order valence-electron chi connectivity index (χ2n) is 8.51. The van der Waals surface area contributed by atoms with Crippen molar-refractivity contribution in [3.63, 3.8) is 0 Å². The number of hydrogen-bond acceptors (Lipinski definition) is 7. The molecule has 2 aromatic rings. The average Bonchev–Trinajstić information content (AvgIpc) is 3.50. The Balaban J connectivity index is 1.35. The van der Waals surface area contributed by atoms with E-state index in [0.29, 0.717) is 53.8 Å². The van der Waals surface area contributed by atoms with Gasteiger partial charge in [-0.05, 0) is 56.0 Å². The predicted octanol–water partition coefficient (Wildman–Crippen LogP) is 2.31. The Hall–Kier alpha value is -2.80. The van der Waals surface area contributed by atoms with Gasteiger partial charge in [-0.1, -0.05) is 17.7 Å².